The molecule has 1 fully saturated rings. The van der Waals surface area contributed by atoms with Gasteiger partial charge in [0.05, 0.1) is 26.2 Å². The largest absolute Gasteiger partial charge is 0.493 e. The summed E-state index contributed by atoms with van der Waals surface area (Å²) >= 11 is 0. The molecular formula is C19H28N2O4. The van der Waals surface area contributed by atoms with Crippen LogP contribution in [0.1, 0.15) is 38.2 Å². The minimum Gasteiger partial charge on any atom is -0.493 e. The normalized spacial score (nSPS) is 14.4. The number of hydrogen-bond acceptors (Lipinski definition) is 4. The van der Waals surface area contributed by atoms with Gasteiger partial charge in [-0.15, -0.1) is 0 Å². The standard InChI is InChI=1S/C19H28N2O4/c1-15(2)16-3-5-17(6-4-16)25-12-8-18(22)20-9-7-19(23)21-10-13-24-14-11-21/h3-6,15H,7-14H2,1-2H3,(H,20,22). The summed E-state index contributed by atoms with van der Waals surface area (Å²) in [7, 11) is 0. The summed E-state index contributed by atoms with van der Waals surface area (Å²) in [5.74, 6) is 1.21. The number of carbonyl (C=O) groups is 2. The van der Waals surface area contributed by atoms with Gasteiger partial charge in [-0.25, -0.2) is 0 Å². The molecule has 0 aromatic heterocycles. The molecule has 0 bridgehead atoms. The molecular weight excluding hydrogens is 320 g/mol. The molecule has 6 nitrogen and oxygen atoms in total. The highest BCUT2D eigenvalue weighted by molar-refractivity contribution is 5.79. The van der Waals surface area contributed by atoms with Crippen molar-refractivity contribution in [3.8, 4) is 5.75 Å². The van der Waals surface area contributed by atoms with Gasteiger partial charge in [-0.2, -0.15) is 0 Å². The first-order chi connectivity index (χ1) is 12.1. The van der Waals surface area contributed by atoms with Crippen molar-refractivity contribution >= 4 is 11.8 Å². The third-order valence-electron chi connectivity index (χ3n) is 4.17. The van der Waals surface area contributed by atoms with Crippen LogP contribution in [0, 0.1) is 0 Å². The fourth-order valence-electron chi connectivity index (χ4n) is 2.58. The van der Waals surface area contributed by atoms with E-state index >= 15 is 0 Å². The van der Waals surface area contributed by atoms with Gasteiger partial charge >= 0.3 is 0 Å². The van der Waals surface area contributed by atoms with Gasteiger partial charge in [0.15, 0.2) is 0 Å². The number of nitrogens with one attached hydrogen (secondary N) is 1. The van der Waals surface area contributed by atoms with E-state index in [1.807, 2.05) is 24.3 Å². The molecule has 1 N–H and O–H groups in total. The Bertz CT molecular complexity index is 551. The van der Waals surface area contributed by atoms with Crippen LogP contribution in [0.25, 0.3) is 0 Å². The van der Waals surface area contributed by atoms with Gasteiger partial charge in [0.2, 0.25) is 11.8 Å². The van der Waals surface area contributed by atoms with E-state index < -0.39 is 0 Å². The van der Waals surface area contributed by atoms with Crippen molar-refractivity contribution in [2.24, 2.45) is 0 Å². The van der Waals surface area contributed by atoms with Crippen LogP contribution in [0.5, 0.6) is 5.75 Å². The highest BCUT2D eigenvalue weighted by Gasteiger charge is 2.16. The number of benzene rings is 1. The summed E-state index contributed by atoms with van der Waals surface area (Å²) in [6.07, 6.45) is 0.598. The predicted octanol–water partition coefficient (Wildman–Crippen LogP) is 1.94. The van der Waals surface area contributed by atoms with E-state index in [0.717, 1.165) is 5.75 Å². The van der Waals surface area contributed by atoms with Crippen LogP contribution in [0.2, 0.25) is 0 Å². The molecule has 0 aliphatic carbocycles. The fourth-order valence-corrected chi connectivity index (χ4v) is 2.58. The maximum Gasteiger partial charge on any atom is 0.224 e. The zero-order valence-corrected chi connectivity index (χ0v) is 15.1. The van der Waals surface area contributed by atoms with Crippen LogP contribution >= 0.6 is 0 Å². The fraction of sp³-hybridized carbons (Fsp3) is 0.579. The van der Waals surface area contributed by atoms with Crippen molar-refractivity contribution in [2.45, 2.75) is 32.6 Å². The zero-order chi connectivity index (χ0) is 18.1. The van der Waals surface area contributed by atoms with Gasteiger partial charge in [0, 0.05) is 26.1 Å². The number of ether oxygens (including phenoxy) is 2. The van der Waals surface area contributed by atoms with Crippen LogP contribution in [-0.2, 0) is 14.3 Å². The molecule has 25 heavy (non-hydrogen) atoms. The lowest BCUT2D eigenvalue weighted by Crippen LogP contribution is -2.42. The predicted molar refractivity (Wildman–Crippen MR) is 95.7 cm³/mol. The van der Waals surface area contributed by atoms with E-state index in [0.29, 0.717) is 51.8 Å². The number of carbonyl (C=O) groups excluding carboxylic acids is 2. The highest BCUT2D eigenvalue weighted by atomic mass is 16.5. The molecule has 0 atom stereocenters. The summed E-state index contributed by atoms with van der Waals surface area (Å²) < 4.78 is 10.8. The second-order valence-electron chi connectivity index (χ2n) is 6.42. The minimum atomic E-state index is -0.103. The molecule has 1 aliphatic heterocycles. The van der Waals surface area contributed by atoms with Crippen LogP contribution in [0.15, 0.2) is 24.3 Å². The van der Waals surface area contributed by atoms with Crippen molar-refractivity contribution in [1.29, 1.82) is 0 Å². The van der Waals surface area contributed by atoms with E-state index in [1.165, 1.54) is 5.56 Å². The molecule has 1 aromatic rings. The molecule has 1 aromatic carbocycles. The first-order valence-electron chi connectivity index (χ1n) is 8.91. The topological polar surface area (TPSA) is 67.9 Å². The number of amides is 2. The number of hydrogen-bond donors (Lipinski definition) is 1. The maximum absolute atomic E-state index is 11.9. The monoisotopic (exact) mass is 348 g/mol. The summed E-state index contributed by atoms with van der Waals surface area (Å²) in [5, 5.41) is 2.77. The Balaban J connectivity index is 1.58. The Morgan fingerprint density at radius 1 is 1.16 bits per heavy atom. The summed E-state index contributed by atoms with van der Waals surface area (Å²) in [6.45, 7) is 7.42. The Morgan fingerprint density at radius 2 is 1.84 bits per heavy atom. The third kappa shape index (κ3) is 6.74. The van der Waals surface area contributed by atoms with Gasteiger partial charge in [-0.05, 0) is 23.6 Å². The number of nitrogens with zero attached hydrogens (tertiary/aromatic N) is 1. The lowest BCUT2D eigenvalue weighted by Gasteiger charge is -2.26. The molecule has 1 saturated heterocycles. The van der Waals surface area contributed by atoms with E-state index in [9.17, 15) is 9.59 Å². The number of rotatable bonds is 8. The average Bonchev–Trinajstić information content (AvgIpc) is 2.63. The minimum absolute atomic E-state index is 0.0603. The molecule has 138 valence electrons. The third-order valence-corrected chi connectivity index (χ3v) is 4.17. The molecule has 2 rings (SSSR count). The summed E-state index contributed by atoms with van der Waals surface area (Å²) in [6, 6.07) is 7.93. The molecule has 2 amide bonds. The van der Waals surface area contributed by atoms with Crippen LogP contribution in [0.4, 0.5) is 0 Å². The second kappa shape index (κ2) is 10.0. The van der Waals surface area contributed by atoms with E-state index in [-0.39, 0.29) is 18.2 Å². The van der Waals surface area contributed by atoms with Gasteiger partial charge in [-0.3, -0.25) is 9.59 Å². The van der Waals surface area contributed by atoms with Gasteiger partial charge in [0.25, 0.3) is 0 Å². The SMILES string of the molecule is CC(C)c1ccc(OCCC(=O)NCCC(=O)N2CCOCC2)cc1. The molecule has 0 saturated carbocycles. The molecule has 6 heteroatoms. The molecule has 0 radical (unpaired) electrons. The Labute approximate surface area is 149 Å². The van der Waals surface area contributed by atoms with Crippen molar-refractivity contribution in [1.82, 2.24) is 10.2 Å². The van der Waals surface area contributed by atoms with Crippen molar-refractivity contribution in [3.63, 3.8) is 0 Å². The molecule has 1 aliphatic rings. The Morgan fingerprint density at radius 3 is 2.48 bits per heavy atom. The van der Waals surface area contributed by atoms with E-state index in [1.54, 1.807) is 4.90 Å². The lowest BCUT2D eigenvalue weighted by atomic mass is 10.0. The van der Waals surface area contributed by atoms with Crippen molar-refractivity contribution in [3.05, 3.63) is 29.8 Å². The van der Waals surface area contributed by atoms with Crippen LogP contribution in [0.3, 0.4) is 0 Å². The quantitative estimate of drug-likeness (QED) is 0.780. The Kier molecular flexibility index (Phi) is 7.73. The smallest absolute Gasteiger partial charge is 0.224 e. The highest BCUT2D eigenvalue weighted by Crippen LogP contribution is 2.18. The van der Waals surface area contributed by atoms with E-state index in [2.05, 4.69) is 19.2 Å². The second-order valence-corrected chi connectivity index (χ2v) is 6.42. The van der Waals surface area contributed by atoms with E-state index in [4.69, 9.17) is 9.47 Å². The zero-order valence-electron chi connectivity index (χ0n) is 15.1. The Hall–Kier alpha value is -2.08. The van der Waals surface area contributed by atoms with Crippen LogP contribution < -0.4 is 10.1 Å². The molecule has 0 unspecified atom stereocenters. The van der Waals surface area contributed by atoms with Gasteiger partial charge in [0.1, 0.15) is 5.75 Å². The number of morpholine rings is 1. The first-order valence-corrected chi connectivity index (χ1v) is 8.91. The lowest BCUT2D eigenvalue weighted by molar-refractivity contribution is -0.135. The van der Waals surface area contributed by atoms with Crippen molar-refractivity contribution < 1.29 is 19.1 Å². The first kappa shape index (κ1) is 19.2. The van der Waals surface area contributed by atoms with Gasteiger partial charge in [-0.1, -0.05) is 26.0 Å². The molecule has 1 heterocycles. The maximum atomic E-state index is 11.9. The molecule has 0 spiro atoms. The average molecular weight is 348 g/mol. The van der Waals surface area contributed by atoms with Crippen molar-refractivity contribution in [2.75, 3.05) is 39.5 Å². The van der Waals surface area contributed by atoms with Gasteiger partial charge < -0.3 is 19.7 Å². The summed E-state index contributed by atoms with van der Waals surface area (Å²) in [5.41, 5.74) is 1.26. The van der Waals surface area contributed by atoms with Crippen LogP contribution in [-0.4, -0.2) is 56.2 Å². The summed E-state index contributed by atoms with van der Waals surface area (Å²) in [4.78, 5) is 25.5.